The van der Waals surface area contributed by atoms with Gasteiger partial charge in [0.05, 0.1) is 38.5 Å². The van der Waals surface area contributed by atoms with Crippen LogP contribution in [0.15, 0.2) is 53.3 Å². The first-order valence-corrected chi connectivity index (χ1v) is 10.5. The molecule has 0 aliphatic carbocycles. The summed E-state index contributed by atoms with van der Waals surface area (Å²) >= 11 is 0. The van der Waals surface area contributed by atoms with Crippen LogP contribution in [0.1, 0.15) is 10.4 Å². The zero-order valence-electron chi connectivity index (χ0n) is 18.5. The summed E-state index contributed by atoms with van der Waals surface area (Å²) in [6, 6.07) is 13.4. The van der Waals surface area contributed by atoms with E-state index in [-0.39, 0.29) is 18.4 Å². The van der Waals surface area contributed by atoms with E-state index < -0.39 is 5.56 Å². The Morgan fingerprint density at radius 2 is 1.73 bits per heavy atom. The molecule has 2 heterocycles. The summed E-state index contributed by atoms with van der Waals surface area (Å²) in [7, 11) is 3.04. The third-order valence-electron chi connectivity index (χ3n) is 5.52. The molecule has 0 atom stereocenters. The fraction of sp³-hybridized carbons (Fsp3) is 0.292. The zero-order valence-corrected chi connectivity index (χ0v) is 18.5. The molecule has 0 radical (unpaired) electrons. The molecule has 0 bridgehead atoms. The van der Waals surface area contributed by atoms with Crippen molar-refractivity contribution in [2.75, 3.05) is 45.8 Å². The van der Waals surface area contributed by atoms with Gasteiger partial charge in [0.25, 0.3) is 11.5 Å². The molecule has 1 fully saturated rings. The first-order chi connectivity index (χ1) is 16.0. The molecule has 1 aliphatic heterocycles. The number of nitrogens with one attached hydrogen (secondary N) is 1. The monoisotopic (exact) mass is 451 g/mol. The standard InChI is InChI=1S/C24H25N3O6/c1-31-20-8-7-16(13-21(20)32-2)25-22(28)15-27-19-6-4-3-5-17(19)18(14-23(27)29)24(30)26-9-11-33-12-10-26/h3-8,13-14H,9-12,15H2,1-2H3,(H,25,28). The van der Waals surface area contributed by atoms with E-state index in [1.807, 2.05) is 0 Å². The molecule has 1 saturated heterocycles. The number of nitrogens with zero attached hydrogens (tertiary/aromatic N) is 2. The Balaban J connectivity index is 1.62. The lowest BCUT2D eigenvalue weighted by atomic mass is 10.1. The third kappa shape index (κ3) is 4.68. The van der Waals surface area contributed by atoms with Gasteiger partial charge in [-0.3, -0.25) is 19.0 Å². The van der Waals surface area contributed by atoms with Gasteiger partial charge < -0.3 is 24.4 Å². The van der Waals surface area contributed by atoms with Gasteiger partial charge >= 0.3 is 0 Å². The molecule has 172 valence electrons. The molecule has 3 aromatic rings. The van der Waals surface area contributed by atoms with Gasteiger partial charge in [-0.05, 0) is 18.2 Å². The number of aromatic nitrogens is 1. The summed E-state index contributed by atoms with van der Waals surface area (Å²) in [6.07, 6.45) is 0. The molecule has 0 saturated carbocycles. The van der Waals surface area contributed by atoms with Crippen LogP contribution < -0.4 is 20.3 Å². The SMILES string of the molecule is COc1ccc(NC(=O)Cn2c(=O)cc(C(=O)N3CCOCC3)c3ccccc32)cc1OC. The number of benzene rings is 2. The van der Waals surface area contributed by atoms with Gasteiger partial charge in [-0.2, -0.15) is 0 Å². The molecule has 1 aliphatic rings. The number of pyridine rings is 1. The first-order valence-electron chi connectivity index (χ1n) is 10.5. The van der Waals surface area contributed by atoms with E-state index in [2.05, 4.69) is 5.32 Å². The molecule has 9 nitrogen and oxygen atoms in total. The van der Waals surface area contributed by atoms with Crippen LogP contribution in [0.4, 0.5) is 5.69 Å². The summed E-state index contributed by atoms with van der Waals surface area (Å²) in [5.41, 5.74) is 0.931. The second-order valence-corrected chi connectivity index (χ2v) is 7.52. The Labute approximate surface area is 190 Å². The molecule has 0 spiro atoms. The fourth-order valence-electron chi connectivity index (χ4n) is 3.87. The van der Waals surface area contributed by atoms with E-state index in [0.717, 1.165) is 0 Å². The number of hydrogen-bond donors (Lipinski definition) is 1. The van der Waals surface area contributed by atoms with Crippen LogP contribution >= 0.6 is 0 Å². The number of ether oxygens (including phenoxy) is 3. The van der Waals surface area contributed by atoms with Crippen molar-refractivity contribution < 1.29 is 23.8 Å². The predicted octanol–water partition coefficient (Wildman–Crippen LogP) is 2.13. The Hall–Kier alpha value is -3.85. The van der Waals surface area contributed by atoms with Gasteiger partial charge in [0.15, 0.2) is 11.5 Å². The molecule has 0 unspecified atom stereocenters. The van der Waals surface area contributed by atoms with E-state index >= 15 is 0 Å². The normalized spacial score (nSPS) is 13.6. The second kappa shape index (κ2) is 9.74. The molecule has 2 aromatic carbocycles. The maximum Gasteiger partial charge on any atom is 0.254 e. The first kappa shape index (κ1) is 22.3. The van der Waals surface area contributed by atoms with Gasteiger partial charge in [-0.1, -0.05) is 18.2 Å². The Morgan fingerprint density at radius 3 is 2.45 bits per heavy atom. The average molecular weight is 451 g/mol. The summed E-state index contributed by atoms with van der Waals surface area (Å²) in [5, 5.41) is 3.39. The summed E-state index contributed by atoms with van der Waals surface area (Å²) in [4.78, 5) is 40.5. The highest BCUT2D eigenvalue weighted by Gasteiger charge is 2.22. The zero-order chi connectivity index (χ0) is 23.4. The van der Waals surface area contributed by atoms with Crippen molar-refractivity contribution in [3.63, 3.8) is 0 Å². The van der Waals surface area contributed by atoms with Gasteiger partial charge in [0, 0.05) is 36.3 Å². The highest BCUT2D eigenvalue weighted by molar-refractivity contribution is 6.06. The smallest absolute Gasteiger partial charge is 0.254 e. The summed E-state index contributed by atoms with van der Waals surface area (Å²) < 4.78 is 17.2. The summed E-state index contributed by atoms with van der Waals surface area (Å²) in [5.74, 6) is 0.414. The van der Waals surface area contributed by atoms with Crippen molar-refractivity contribution in [3.05, 3.63) is 64.4 Å². The number of rotatable bonds is 6. The van der Waals surface area contributed by atoms with Crippen LogP contribution in [-0.4, -0.2) is 61.8 Å². The maximum absolute atomic E-state index is 13.1. The number of hydrogen-bond acceptors (Lipinski definition) is 6. The predicted molar refractivity (Wildman–Crippen MR) is 123 cm³/mol. The quantitative estimate of drug-likeness (QED) is 0.617. The highest BCUT2D eigenvalue weighted by atomic mass is 16.5. The molecule has 33 heavy (non-hydrogen) atoms. The van der Waals surface area contributed by atoms with Crippen molar-refractivity contribution in [2.45, 2.75) is 6.54 Å². The minimum absolute atomic E-state index is 0.209. The van der Waals surface area contributed by atoms with Crippen LogP contribution in [0.5, 0.6) is 11.5 Å². The molecular weight excluding hydrogens is 426 g/mol. The van der Waals surface area contributed by atoms with Crippen LogP contribution in [-0.2, 0) is 16.1 Å². The van der Waals surface area contributed by atoms with Crippen molar-refractivity contribution >= 4 is 28.4 Å². The van der Waals surface area contributed by atoms with Gasteiger partial charge in [0.2, 0.25) is 5.91 Å². The minimum Gasteiger partial charge on any atom is -0.493 e. The van der Waals surface area contributed by atoms with Gasteiger partial charge in [0.1, 0.15) is 6.54 Å². The number of carbonyl (C=O) groups excluding carboxylic acids is 2. The van der Waals surface area contributed by atoms with E-state index in [1.165, 1.54) is 24.9 Å². The minimum atomic E-state index is -0.423. The number of anilines is 1. The van der Waals surface area contributed by atoms with Crippen LogP contribution in [0, 0.1) is 0 Å². The van der Waals surface area contributed by atoms with Crippen molar-refractivity contribution in [1.29, 1.82) is 0 Å². The van der Waals surface area contributed by atoms with E-state index in [9.17, 15) is 14.4 Å². The van der Waals surface area contributed by atoms with E-state index in [4.69, 9.17) is 14.2 Å². The molecule has 4 rings (SSSR count). The number of amides is 2. The average Bonchev–Trinajstić information content (AvgIpc) is 2.85. The highest BCUT2D eigenvalue weighted by Crippen LogP contribution is 2.29. The lowest BCUT2D eigenvalue weighted by Gasteiger charge is -2.27. The molecule has 9 heteroatoms. The lowest BCUT2D eigenvalue weighted by Crippen LogP contribution is -2.41. The Bertz CT molecular complexity index is 1250. The topological polar surface area (TPSA) is 99.1 Å². The second-order valence-electron chi connectivity index (χ2n) is 7.52. The van der Waals surface area contributed by atoms with Gasteiger partial charge in [-0.25, -0.2) is 0 Å². The Morgan fingerprint density at radius 1 is 1.00 bits per heavy atom. The number of methoxy groups -OCH3 is 2. The fourth-order valence-corrected chi connectivity index (χ4v) is 3.87. The van der Waals surface area contributed by atoms with E-state index in [1.54, 1.807) is 47.4 Å². The van der Waals surface area contributed by atoms with Gasteiger partial charge in [-0.15, -0.1) is 0 Å². The molecular formula is C24H25N3O6. The molecule has 1 aromatic heterocycles. The van der Waals surface area contributed by atoms with Crippen molar-refractivity contribution in [1.82, 2.24) is 9.47 Å². The van der Waals surface area contributed by atoms with Crippen molar-refractivity contribution in [2.24, 2.45) is 0 Å². The van der Waals surface area contributed by atoms with Crippen LogP contribution in [0.3, 0.4) is 0 Å². The van der Waals surface area contributed by atoms with E-state index in [0.29, 0.717) is 60.0 Å². The third-order valence-corrected chi connectivity index (χ3v) is 5.52. The number of para-hydroxylation sites is 1. The molecule has 1 N–H and O–H groups in total. The molecule has 2 amide bonds. The number of fused-ring (bicyclic) bond motifs is 1. The largest absolute Gasteiger partial charge is 0.493 e. The number of morpholine rings is 1. The van der Waals surface area contributed by atoms with Crippen LogP contribution in [0.25, 0.3) is 10.9 Å². The van der Waals surface area contributed by atoms with Crippen molar-refractivity contribution in [3.8, 4) is 11.5 Å². The van der Waals surface area contributed by atoms with Crippen LogP contribution in [0.2, 0.25) is 0 Å². The Kier molecular flexibility index (Phi) is 6.60. The lowest BCUT2D eigenvalue weighted by molar-refractivity contribution is -0.116. The summed E-state index contributed by atoms with van der Waals surface area (Å²) in [6.45, 7) is 1.68. The number of carbonyl (C=O) groups is 2. The maximum atomic E-state index is 13.1.